The van der Waals surface area contributed by atoms with Gasteiger partial charge in [0.15, 0.2) is 9.84 Å². The molecule has 0 aliphatic carbocycles. The van der Waals surface area contributed by atoms with Gasteiger partial charge >= 0.3 is 6.03 Å². The molecule has 2 fully saturated rings. The van der Waals surface area contributed by atoms with E-state index in [0.717, 1.165) is 0 Å². The van der Waals surface area contributed by atoms with Crippen LogP contribution in [0.3, 0.4) is 0 Å². The number of halogens is 1. The van der Waals surface area contributed by atoms with Crippen molar-refractivity contribution in [2.24, 2.45) is 0 Å². The van der Waals surface area contributed by atoms with Crippen molar-refractivity contribution < 1.29 is 18.0 Å². The zero-order valence-electron chi connectivity index (χ0n) is 13.5. The number of hydrogen-bond acceptors (Lipinski definition) is 4. The van der Waals surface area contributed by atoms with E-state index in [1.165, 1.54) is 0 Å². The first-order chi connectivity index (χ1) is 11.9. The maximum Gasteiger partial charge on any atom is 0.315 e. The van der Waals surface area contributed by atoms with Crippen LogP contribution in [0.1, 0.15) is 25.7 Å². The lowest BCUT2D eigenvalue weighted by Gasteiger charge is -2.16. The largest absolute Gasteiger partial charge is 0.332 e. The monoisotopic (exact) mass is 385 g/mol. The smallest absolute Gasteiger partial charge is 0.315 e. The summed E-state index contributed by atoms with van der Waals surface area (Å²) in [5.41, 5.74) is 0.565. The molecular weight excluding hydrogens is 366 g/mol. The van der Waals surface area contributed by atoms with Gasteiger partial charge in [0.2, 0.25) is 5.91 Å². The van der Waals surface area contributed by atoms with Crippen LogP contribution in [0.5, 0.6) is 0 Å². The van der Waals surface area contributed by atoms with Gasteiger partial charge in [-0.2, -0.15) is 0 Å². The molecule has 136 valence electrons. The summed E-state index contributed by atoms with van der Waals surface area (Å²) in [6.45, 7) is 0. The van der Waals surface area contributed by atoms with Gasteiger partial charge in [-0.15, -0.1) is 0 Å². The molecule has 25 heavy (non-hydrogen) atoms. The summed E-state index contributed by atoms with van der Waals surface area (Å²) in [7, 11) is -3.22. The summed E-state index contributed by atoms with van der Waals surface area (Å²) in [5.74, 6) is -0.176. The Morgan fingerprint density at radius 1 is 1.24 bits per heavy atom. The molecule has 0 spiro atoms. The van der Waals surface area contributed by atoms with E-state index in [-0.39, 0.29) is 36.2 Å². The van der Waals surface area contributed by atoms with Crippen LogP contribution in [0.4, 0.5) is 10.5 Å². The Balaban J connectivity index is 1.46. The van der Waals surface area contributed by atoms with Gasteiger partial charge in [0.05, 0.1) is 33.8 Å². The van der Waals surface area contributed by atoms with Crippen molar-refractivity contribution in [3.8, 4) is 0 Å². The Morgan fingerprint density at radius 2 is 2.00 bits per heavy atom. The van der Waals surface area contributed by atoms with Crippen molar-refractivity contribution in [3.63, 3.8) is 0 Å². The number of nitrogens with one attached hydrogen (secondary N) is 3. The summed E-state index contributed by atoms with van der Waals surface area (Å²) in [6.07, 6.45) is 1.89. The quantitative estimate of drug-likeness (QED) is 0.512. The van der Waals surface area contributed by atoms with Crippen molar-refractivity contribution in [3.05, 3.63) is 29.3 Å². The first-order valence-corrected chi connectivity index (χ1v) is 10.3. The molecule has 1 aromatic carbocycles. The number of rotatable bonds is 6. The van der Waals surface area contributed by atoms with E-state index < -0.39 is 15.1 Å². The van der Waals surface area contributed by atoms with Crippen molar-refractivity contribution >= 4 is 39.1 Å². The predicted molar refractivity (Wildman–Crippen MR) is 95.4 cm³/mol. The van der Waals surface area contributed by atoms with Gasteiger partial charge < -0.3 is 16.0 Å². The number of sulfone groups is 1. The highest BCUT2D eigenvalue weighted by atomic mass is 35.5. The van der Waals surface area contributed by atoms with E-state index in [9.17, 15) is 18.0 Å². The number of anilines is 1. The lowest BCUT2D eigenvalue weighted by Crippen LogP contribution is -2.39. The van der Waals surface area contributed by atoms with Gasteiger partial charge in [-0.1, -0.05) is 30.2 Å². The lowest BCUT2D eigenvalue weighted by molar-refractivity contribution is -0.116. The van der Waals surface area contributed by atoms with Gasteiger partial charge in [0.1, 0.15) is 0 Å². The van der Waals surface area contributed by atoms with Gasteiger partial charge in [0, 0.05) is 6.42 Å². The lowest BCUT2D eigenvalue weighted by atomic mass is 10.0. The number of carbonyl (C=O) groups is 2. The number of carbonyl (C=O) groups excluding carboxylic acids is 2. The number of hydrogen-bond donors (Lipinski definition) is 3. The third kappa shape index (κ3) is 4.07. The van der Waals surface area contributed by atoms with Crippen LogP contribution in [0, 0.1) is 0 Å². The van der Waals surface area contributed by atoms with Crippen molar-refractivity contribution in [1.29, 1.82) is 0 Å². The summed E-state index contributed by atoms with van der Waals surface area (Å²) in [6, 6.07) is 5.97. The number of unbranched alkanes of at least 4 members (excludes halogenated alkanes) is 1. The SMILES string of the molecule is O=C(CCCC[C@@H]1[C@H]2NC(=O)N[C@H]2CS1(=O)=O)Nc1ccccc1Cl. The van der Waals surface area contributed by atoms with Crippen LogP contribution in [0.15, 0.2) is 24.3 Å². The second kappa shape index (κ2) is 7.21. The zero-order chi connectivity index (χ0) is 18.0. The summed E-state index contributed by atoms with van der Waals surface area (Å²) < 4.78 is 24.4. The van der Waals surface area contributed by atoms with Crippen molar-refractivity contribution in [1.82, 2.24) is 10.6 Å². The molecule has 3 N–H and O–H groups in total. The molecule has 3 rings (SSSR count). The average molecular weight is 386 g/mol. The number of fused-ring (bicyclic) bond motifs is 1. The Bertz CT molecular complexity index is 783. The Labute approximate surface area is 151 Å². The third-order valence-electron chi connectivity index (χ3n) is 4.61. The first kappa shape index (κ1) is 18.0. The van der Waals surface area contributed by atoms with Crippen LogP contribution in [-0.4, -0.2) is 43.4 Å². The van der Waals surface area contributed by atoms with Crippen LogP contribution in [0.25, 0.3) is 0 Å². The number of para-hydroxylation sites is 1. The number of benzene rings is 1. The number of urea groups is 1. The minimum Gasteiger partial charge on any atom is -0.332 e. The summed E-state index contributed by atoms with van der Waals surface area (Å²) >= 11 is 5.99. The van der Waals surface area contributed by atoms with Crippen LogP contribution < -0.4 is 16.0 Å². The Kier molecular flexibility index (Phi) is 5.19. The maximum atomic E-state index is 12.2. The van der Waals surface area contributed by atoms with Crippen LogP contribution >= 0.6 is 11.6 Å². The van der Waals surface area contributed by atoms with Crippen LogP contribution in [-0.2, 0) is 14.6 Å². The molecule has 2 aliphatic heterocycles. The minimum absolute atomic E-state index is 0.0198. The topological polar surface area (TPSA) is 104 Å². The molecule has 3 amide bonds. The molecule has 0 aromatic heterocycles. The van der Waals surface area contributed by atoms with Gasteiger partial charge in [-0.05, 0) is 25.0 Å². The first-order valence-electron chi connectivity index (χ1n) is 8.20. The second-order valence-electron chi connectivity index (χ2n) is 6.39. The average Bonchev–Trinajstić information content (AvgIpc) is 2.98. The minimum atomic E-state index is -3.22. The zero-order valence-corrected chi connectivity index (χ0v) is 15.1. The van der Waals surface area contributed by atoms with Crippen LogP contribution in [0.2, 0.25) is 5.02 Å². The highest BCUT2D eigenvalue weighted by molar-refractivity contribution is 7.92. The van der Waals surface area contributed by atoms with E-state index in [1.54, 1.807) is 24.3 Å². The van der Waals surface area contributed by atoms with Crippen molar-refractivity contribution in [2.75, 3.05) is 11.1 Å². The molecule has 7 nitrogen and oxygen atoms in total. The maximum absolute atomic E-state index is 12.2. The molecule has 0 unspecified atom stereocenters. The van der Waals surface area contributed by atoms with Gasteiger partial charge in [-0.25, -0.2) is 13.2 Å². The second-order valence-corrected chi connectivity index (χ2v) is 9.06. The molecule has 3 atom stereocenters. The molecule has 0 saturated carbocycles. The van der Waals surface area contributed by atoms with E-state index >= 15 is 0 Å². The fraction of sp³-hybridized carbons (Fsp3) is 0.500. The molecule has 2 heterocycles. The number of amides is 3. The molecule has 9 heteroatoms. The Hall–Kier alpha value is -1.80. The highest BCUT2D eigenvalue weighted by Gasteiger charge is 2.51. The molecule has 2 saturated heterocycles. The fourth-order valence-corrected chi connectivity index (χ4v) is 5.86. The molecule has 2 aliphatic rings. The third-order valence-corrected chi connectivity index (χ3v) is 7.22. The molecule has 0 radical (unpaired) electrons. The molecule has 0 bridgehead atoms. The summed E-state index contributed by atoms with van der Waals surface area (Å²) in [4.78, 5) is 23.3. The highest BCUT2D eigenvalue weighted by Crippen LogP contribution is 2.28. The standard InChI is InChI=1S/C16H20ClN3O4S/c17-10-5-1-2-6-11(10)18-14(21)8-4-3-7-13-15-12(9-25(13,23)24)19-16(22)20-15/h1-2,5-6,12-13,15H,3-4,7-9H2,(H,18,21)(H2,19,20,22)/t12-,13+,15-/m0/s1. The van der Waals surface area contributed by atoms with E-state index in [2.05, 4.69) is 16.0 Å². The van der Waals surface area contributed by atoms with E-state index in [0.29, 0.717) is 30.0 Å². The van der Waals surface area contributed by atoms with Gasteiger partial charge in [0.25, 0.3) is 0 Å². The normalized spacial score (nSPS) is 26.6. The molecule has 1 aromatic rings. The fourth-order valence-electron chi connectivity index (χ4n) is 3.41. The van der Waals surface area contributed by atoms with E-state index in [1.807, 2.05) is 0 Å². The van der Waals surface area contributed by atoms with E-state index in [4.69, 9.17) is 11.6 Å². The van der Waals surface area contributed by atoms with Crippen molar-refractivity contribution in [2.45, 2.75) is 43.0 Å². The summed E-state index contributed by atoms with van der Waals surface area (Å²) in [5, 5.41) is 7.96. The predicted octanol–water partition coefficient (Wildman–Crippen LogP) is 1.69. The Morgan fingerprint density at radius 3 is 2.76 bits per heavy atom. The van der Waals surface area contributed by atoms with Gasteiger partial charge in [-0.3, -0.25) is 4.79 Å². The molecular formula is C16H20ClN3O4S.